The van der Waals surface area contributed by atoms with E-state index in [1.165, 1.54) is 0 Å². The molecule has 6 heteroatoms. The average molecular weight is 384 g/mol. The van der Waals surface area contributed by atoms with Crippen LogP contribution in [0.4, 0.5) is 0 Å². The number of nitrogens with one attached hydrogen (secondary N) is 3. The van der Waals surface area contributed by atoms with Gasteiger partial charge in [-0.3, -0.25) is 14.4 Å². The Balaban J connectivity index is 4.38. The first-order valence-electron chi connectivity index (χ1n) is 10.3. The van der Waals surface area contributed by atoms with Crippen molar-refractivity contribution in [2.45, 2.75) is 93.0 Å². The standard InChI is InChI=1S/C21H41N3O3/c1-8-17(25)22-13-11-10-12-14-23-18(26)20(5,6)15-21(7,9-2)19(27)24-16(3)4/h16H,8-15H2,1-7H3,(H,22,25)(H,23,26)(H,24,27). The molecule has 1 atom stereocenters. The van der Waals surface area contributed by atoms with E-state index in [-0.39, 0.29) is 23.8 Å². The fraction of sp³-hybridized carbons (Fsp3) is 0.857. The Bertz CT molecular complexity index is 489. The summed E-state index contributed by atoms with van der Waals surface area (Å²) in [5.74, 6) is 0.0688. The lowest BCUT2D eigenvalue weighted by atomic mass is 9.71. The van der Waals surface area contributed by atoms with Gasteiger partial charge in [0.2, 0.25) is 17.7 Å². The second-order valence-electron chi connectivity index (χ2n) is 8.62. The fourth-order valence-electron chi connectivity index (χ4n) is 3.08. The van der Waals surface area contributed by atoms with Crippen LogP contribution in [0.15, 0.2) is 0 Å². The van der Waals surface area contributed by atoms with Gasteiger partial charge in [-0.1, -0.05) is 34.6 Å². The number of hydrogen-bond donors (Lipinski definition) is 3. The topological polar surface area (TPSA) is 87.3 Å². The highest BCUT2D eigenvalue weighted by atomic mass is 16.2. The summed E-state index contributed by atoms with van der Waals surface area (Å²) in [5.41, 5.74) is -1.18. The van der Waals surface area contributed by atoms with E-state index in [9.17, 15) is 14.4 Å². The van der Waals surface area contributed by atoms with Crippen molar-refractivity contribution < 1.29 is 14.4 Å². The van der Waals surface area contributed by atoms with Gasteiger partial charge >= 0.3 is 0 Å². The van der Waals surface area contributed by atoms with Gasteiger partial charge in [-0.05, 0) is 46.0 Å². The molecular formula is C21H41N3O3. The van der Waals surface area contributed by atoms with Gasteiger partial charge in [0.15, 0.2) is 0 Å². The van der Waals surface area contributed by atoms with E-state index in [1.807, 2.05) is 48.5 Å². The normalized spacial score (nSPS) is 13.8. The van der Waals surface area contributed by atoms with E-state index in [0.717, 1.165) is 19.3 Å². The number of hydrogen-bond acceptors (Lipinski definition) is 3. The van der Waals surface area contributed by atoms with E-state index in [4.69, 9.17) is 0 Å². The molecule has 3 amide bonds. The van der Waals surface area contributed by atoms with E-state index in [0.29, 0.717) is 32.4 Å². The maximum atomic E-state index is 12.6. The van der Waals surface area contributed by atoms with Gasteiger partial charge in [-0.25, -0.2) is 0 Å². The first-order chi connectivity index (χ1) is 12.5. The molecule has 0 aliphatic rings. The summed E-state index contributed by atoms with van der Waals surface area (Å²) in [5, 5.41) is 8.83. The quantitative estimate of drug-likeness (QED) is 0.427. The molecule has 0 radical (unpaired) electrons. The molecule has 0 heterocycles. The SMILES string of the molecule is CCC(=O)NCCCCCNC(=O)C(C)(C)CC(C)(CC)C(=O)NC(C)C. The van der Waals surface area contributed by atoms with E-state index in [2.05, 4.69) is 16.0 Å². The lowest BCUT2D eigenvalue weighted by Crippen LogP contribution is -2.47. The van der Waals surface area contributed by atoms with Crippen molar-refractivity contribution in [3.8, 4) is 0 Å². The van der Waals surface area contributed by atoms with Gasteiger partial charge < -0.3 is 16.0 Å². The first kappa shape index (κ1) is 25.4. The number of carbonyl (C=O) groups is 3. The smallest absolute Gasteiger partial charge is 0.226 e. The van der Waals surface area contributed by atoms with Crippen molar-refractivity contribution in [3.63, 3.8) is 0 Å². The van der Waals surface area contributed by atoms with Crippen LogP contribution in [0.2, 0.25) is 0 Å². The van der Waals surface area contributed by atoms with Crippen LogP contribution in [0.5, 0.6) is 0 Å². The average Bonchev–Trinajstić information content (AvgIpc) is 2.59. The summed E-state index contributed by atoms with van der Waals surface area (Å²) >= 11 is 0. The van der Waals surface area contributed by atoms with Crippen LogP contribution in [-0.2, 0) is 14.4 Å². The minimum absolute atomic E-state index is 0.00926. The molecule has 1 unspecified atom stereocenters. The third-order valence-corrected chi connectivity index (χ3v) is 4.98. The minimum atomic E-state index is -0.617. The minimum Gasteiger partial charge on any atom is -0.356 e. The van der Waals surface area contributed by atoms with Crippen LogP contribution in [0.1, 0.15) is 87.0 Å². The van der Waals surface area contributed by atoms with Gasteiger partial charge in [0, 0.05) is 36.4 Å². The van der Waals surface area contributed by atoms with Crippen LogP contribution in [0.25, 0.3) is 0 Å². The highest BCUT2D eigenvalue weighted by Gasteiger charge is 2.40. The van der Waals surface area contributed by atoms with Crippen LogP contribution >= 0.6 is 0 Å². The molecule has 0 bridgehead atoms. The molecule has 0 saturated heterocycles. The first-order valence-corrected chi connectivity index (χ1v) is 10.3. The second-order valence-corrected chi connectivity index (χ2v) is 8.62. The van der Waals surface area contributed by atoms with Crippen LogP contribution < -0.4 is 16.0 Å². The van der Waals surface area contributed by atoms with Gasteiger partial charge in [-0.2, -0.15) is 0 Å². The van der Waals surface area contributed by atoms with Crippen molar-refractivity contribution >= 4 is 17.7 Å². The molecule has 0 aliphatic heterocycles. The van der Waals surface area contributed by atoms with Gasteiger partial charge in [0.05, 0.1) is 0 Å². The number of amides is 3. The summed E-state index contributed by atoms with van der Waals surface area (Å²) in [7, 11) is 0. The maximum absolute atomic E-state index is 12.6. The van der Waals surface area contributed by atoms with E-state index < -0.39 is 10.8 Å². The van der Waals surface area contributed by atoms with Crippen LogP contribution in [0.3, 0.4) is 0 Å². The Morgan fingerprint density at radius 3 is 1.89 bits per heavy atom. The molecule has 0 aromatic rings. The Labute approximate surface area is 165 Å². The number of rotatable bonds is 13. The molecule has 0 fully saturated rings. The lowest BCUT2D eigenvalue weighted by molar-refractivity contribution is -0.137. The molecule has 0 aromatic carbocycles. The second kappa shape index (κ2) is 12.0. The molecule has 0 rings (SSSR count). The van der Waals surface area contributed by atoms with Crippen molar-refractivity contribution in [2.24, 2.45) is 10.8 Å². The third-order valence-electron chi connectivity index (χ3n) is 4.98. The van der Waals surface area contributed by atoms with Crippen molar-refractivity contribution in [1.82, 2.24) is 16.0 Å². The van der Waals surface area contributed by atoms with Crippen molar-refractivity contribution in [1.29, 1.82) is 0 Å². The molecule has 158 valence electrons. The molecule has 6 nitrogen and oxygen atoms in total. The molecule has 0 aromatic heterocycles. The molecule has 0 aliphatic carbocycles. The number of unbranched alkanes of at least 4 members (excludes halogenated alkanes) is 2. The highest BCUT2D eigenvalue weighted by Crippen LogP contribution is 2.37. The predicted octanol–water partition coefficient (Wildman–Crippen LogP) is 3.16. The zero-order chi connectivity index (χ0) is 21.1. The van der Waals surface area contributed by atoms with Crippen molar-refractivity contribution in [2.75, 3.05) is 13.1 Å². The van der Waals surface area contributed by atoms with Crippen LogP contribution in [0, 0.1) is 10.8 Å². The van der Waals surface area contributed by atoms with Crippen LogP contribution in [-0.4, -0.2) is 36.9 Å². The van der Waals surface area contributed by atoms with Gasteiger partial charge in [0.25, 0.3) is 0 Å². The Morgan fingerprint density at radius 2 is 1.41 bits per heavy atom. The van der Waals surface area contributed by atoms with Gasteiger partial charge in [0.1, 0.15) is 0 Å². The van der Waals surface area contributed by atoms with Gasteiger partial charge in [-0.15, -0.1) is 0 Å². The zero-order valence-electron chi connectivity index (χ0n) is 18.5. The van der Waals surface area contributed by atoms with E-state index >= 15 is 0 Å². The summed E-state index contributed by atoms with van der Waals surface area (Å²) in [6.45, 7) is 14.8. The lowest BCUT2D eigenvalue weighted by Gasteiger charge is -2.35. The Morgan fingerprint density at radius 1 is 0.852 bits per heavy atom. The largest absolute Gasteiger partial charge is 0.356 e. The highest BCUT2D eigenvalue weighted by molar-refractivity contribution is 5.86. The molecule has 0 saturated carbocycles. The summed E-state index contributed by atoms with van der Waals surface area (Å²) in [4.78, 5) is 36.3. The Kier molecular flexibility index (Phi) is 11.3. The fourth-order valence-corrected chi connectivity index (χ4v) is 3.08. The van der Waals surface area contributed by atoms with Crippen molar-refractivity contribution in [3.05, 3.63) is 0 Å². The molecule has 27 heavy (non-hydrogen) atoms. The monoisotopic (exact) mass is 383 g/mol. The number of carbonyl (C=O) groups excluding carboxylic acids is 3. The summed E-state index contributed by atoms with van der Waals surface area (Å²) in [6, 6.07) is 0.0856. The Hall–Kier alpha value is -1.59. The summed E-state index contributed by atoms with van der Waals surface area (Å²) in [6.07, 6.45) is 4.44. The summed E-state index contributed by atoms with van der Waals surface area (Å²) < 4.78 is 0. The molecule has 0 spiro atoms. The molecular weight excluding hydrogens is 342 g/mol. The predicted molar refractivity (Wildman–Crippen MR) is 110 cm³/mol. The zero-order valence-corrected chi connectivity index (χ0v) is 18.5. The maximum Gasteiger partial charge on any atom is 0.226 e. The third kappa shape index (κ3) is 9.78. The molecule has 3 N–H and O–H groups in total. The van der Waals surface area contributed by atoms with E-state index in [1.54, 1.807) is 0 Å².